The first kappa shape index (κ1) is 22.1. The molecule has 33 heavy (non-hydrogen) atoms. The van der Waals surface area contributed by atoms with Crippen LogP contribution in [-0.2, 0) is 4.79 Å². The van der Waals surface area contributed by atoms with Crippen molar-refractivity contribution in [3.05, 3.63) is 90.3 Å². The van der Waals surface area contributed by atoms with Gasteiger partial charge in [-0.1, -0.05) is 48.9 Å². The molecule has 8 nitrogen and oxygen atoms in total. The molecule has 4 rings (SSSR count). The summed E-state index contributed by atoms with van der Waals surface area (Å²) in [6, 6.07) is 17.3. The third-order valence-electron chi connectivity index (χ3n) is 5.28. The average Bonchev–Trinajstić information content (AvgIpc) is 3.29. The molecular weight excluding hydrogens is 416 g/mol. The van der Waals surface area contributed by atoms with Gasteiger partial charge in [0.2, 0.25) is 5.91 Å². The normalized spacial score (nSPS) is 11.8. The number of nitrogens with one attached hydrogen (secondary N) is 3. The first-order chi connectivity index (χ1) is 16.2. The van der Waals surface area contributed by atoms with Crippen LogP contribution in [0.3, 0.4) is 0 Å². The number of fused-ring (bicyclic) bond motifs is 1. The molecule has 0 aliphatic heterocycles. The lowest BCUT2D eigenvalue weighted by atomic mass is 10.1. The molecule has 2 aromatic heterocycles. The molecule has 0 radical (unpaired) electrons. The second-order valence-corrected chi connectivity index (χ2v) is 7.71. The number of aromatic nitrogens is 4. The number of unbranched alkanes of at least 4 members (excludes halogenated alkanes) is 2. The van der Waals surface area contributed by atoms with E-state index in [9.17, 15) is 9.59 Å². The van der Waals surface area contributed by atoms with Gasteiger partial charge in [0.1, 0.15) is 17.6 Å². The largest absolute Gasteiger partial charge is 0.351 e. The topological polar surface area (TPSA) is 113 Å². The van der Waals surface area contributed by atoms with Crippen LogP contribution in [0.4, 0.5) is 0 Å². The van der Waals surface area contributed by atoms with Gasteiger partial charge in [-0.05, 0) is 30.5 Å². The Bertz CT molecular complexity index is 1160. The molecule has 8 heteroatoms. The number of amides is 2. The number of H-pyrrole nitrogens is 1. The van der Waals surface area contributed by atoms with Gasteiger partial charge in [-0.2, -0.15) is 0 Å². The zero-order valence-electron chi connectivity index (χ0n) is 18.2. The molecule has 2 heterocycles. The maximum Gasteiger partial charge on any atom is 0.271 e. The van der Waals surface area contributed by atoms with Gasteiger partial charge in [0, 0.05) is 25.4 Å². The number of para-hydroxylation sites is 2. The Balaban J connectivity index is 1.27. The third kappa shape index (κ3) is 6.00. The van der Waals surface area contributed by atoms with Crippen molar-refractivity contribution >= 4 is 22.8 Å². The Hall–Kier alpha value is -4.07. The molecule has 168 valence electrons. The van der Waals surface area contributed by atoms with E-state index < -0.39 is 0 Å². The lowest BCUT2D eigenvalue weighted by molar-refractivity contribution is -0.121. The van der Waals surface area contributed by atoms with Crippen LogP contribution < -0.4 is 10.6 Å². The van der Waals surface area contributed by atoms with Gasteiger partial charge in [-0.25, -0.2) is 9.97 Å². The summed E-state index contributed by atoms with van der Waals surface area (Å²) in [6.07, 6.45) is 7.20. The van der Waals surface area contributed by atoms with Crippen LogP contribution in [0, 0.1) is 0 Å². The number of carbonyl (C=O) groups is 2. The molecule has 0 aliphatic rings. The molecule has 0 unspecified atom stereocenters. The molecule has 0 spiro atoms. The molecule has 2 amide bonds. The number of aromatic amines is 1. The molecule has 1 atom stereocenters. The highest BCUT2D eigenvalue weighted by molar-refractivity contribution is 5.91. The molecule has 0 saturated heterocycles. The summed E-state index contributed by atoms with van der Waals surface area (Å²) in [4.78, 5) is 40.5. The molecule has 0 aliphatic carbocycles. The van der Waals surface area contributed by atoms with E-state index in [1.807, 2.05) is 54.6 Å². The Morgan fingerprint density at radius 2 is 1.76 bits per heavy atom. The van der Waals surface area contributed by atoms with Gasteiger partial charge in [-0.3, -0.25) is 14.6 Å². The van der Waals surface area contributed by atoms with E-state index in [-0.39, 0.29) is 17.9 Å². The minimum atomic E-state index is -0.350. The smallest absolute Gasteiger partial charge is 0.271 e. The van der Waals surface area contributed by atoms with Crippen molar-refractivity contribution in [3.8, 4) is 0 Å². The first-order valence-electron chi connectivity index (χ1n) is 11.0. The SMILES string of the molecule is O=C(CCCCCNC(=O)c1cnccn1)N[C@H](c1ccccc1)c1nc2ccccc2[nH]1. The summed E-state index contributed by atoms with van der Waals surface area (Å²) in [5, 5.41) is 5.94. The van der Waals surface area contributed by atoms with Crippen LogP contribution in [0.25, 0.3) is 11.0 Å². The predicted octanol–water partition coefficient (Wildman–Crippen LogP) is 3.55. The third-order valence-corrected chi connectivity index (χ3v) is 5.28. The highest BCUT2D eigenvalue weighted by atomic mass is 16.2. The number of nitrogens with zero attached hydrogens (tertiary/aromatic N) is 3. The fourth-order valence-corrected chi connectivity index (χ4v) is 3.59. The van der Waals surface area contributed by atoms with Crippen molar-refractivity contribution in [2.45, 2.75) is 31.7 Å². The minimum Gasteiger partial charge on any atom is -0.351 e. The van der Waals surface area contributed by atoms with Gasteiger partial charge < -0.3 is 15.6 Å². The van der Waals surface area contributed by atoms with Crippen LogP contribution in [0.15, 0.2) is 73.2 Å². The second-order valence-electron chi connectivity index (χ2n) is 7.71. The van der Waals surface area contributed by atoms with Crippen molar-refractivity contribution in [1.82, 2.24) is 30.6 Å². The summed E-state index contributed by atoms with van der Waals surface area (Å²) in [7, 11) is 0. The maximum absolute atomic E-state index is 12.7. The summed E-state index contributed by atoms with van der Waals surface area (Å²) in [6.45, 7) is 0.530. The van der Waals surface area contributed by atoms with Gasteiger partial charge in [-0.15, -0.1) is 0 Å². The van der Waals surface area contributed by atoms with Gasteiger partial charge in [0.05, 0.1) is 17.2 Å². The molecule has 2 aromatic carbocycles. The molecular formula is C25H26N6O2. The average molecular weight is 443 g/mol. The summed E-state index contributed by atoms with van der Waals surface area (Å²) >= 11 is 0. The summed E-state index contributed by atoms with van der Waals surface area (Å²) < 4.78 is 0. The zero-order valence-corrected chi connectivity index (χ0v) is 18.2. The van der Waals surface area contributed by atoms with Crippen molar-refractivity contribution in [1.29, 1.82) is 0 Å². The highest BCUT2D eigenvalue weighted by Crippen LogP contribution is 2.22. The Labute approximate surface area is 191 Å². The zero-order chi connectivity index (χ0) is 22.9. The van der Waals surface area contributed by atoms with Crippen LogP contribution in [0.1, 0.15) is 53.6 Å². The van der Waals surface area contributed by atoms with E-state index in [0.29, 0.717) is 24.5 Å². The number of hydrogen-bond acceptors (Lipinski definition) is 5. The van der Waals surface area contributed by atoms with Gasteiger partial charge in [0.25, 0.3) is 5.91 Å². The number of benzene rings is 2. The van der Waals surface area contributed by atoms with Crippen molar-refractivity contribution in [2.75, 3.05) is 6.54 Å². The summed E-state index contributed by atoms with van der Waals surface area (Å²) in [5.74, 6) is 0.438. The number of hydrogen-bond donors (Lipinski definition) is 3. The monoisotopic (exact) mass is 442 g/mol. The van der Waals surface area contributed by atoms with Crippen LogP contribution in [0.5, 0.6) is 0 Å². The maximum atomic E-state index is 12.7. The Morgan fingerprint density at radius 3 is 2.55 bits per heavy atom. The quantitative estimate of drug-likeness (QED) is 0.325. The highest BCUT2D eigenvalue weighted by Gasteiger charge is 2.20. The van der Waals surface area contributed by atoms with E-state index in [1.54, 1.807) is 0 Å². The molecule has 0 saturated carbocycles. The van der Waals surface area contributed by atoms with Gasteiger partial charge in [0.15, 0.2) is 0 Å². The minimum absolute atomic E-state index is 0.0343. The van der Waals surface area contributed by atoms with E-state index in [1.165, 1.54) is 18.6 Å². The lowest BCUT2D eigenvalue weighted by Crippen LogP contribution is -2.30. The van der Waals surface area contributed by atoms with E-state index >= 15 is 0 Å². The van der Waals surface area contributed by atoms with Crippen molar-refractivity contribution < 1.29 is 9.59 Å². The number of rotatable bonds is 10. The number of carbonyl (C=O) groups excluding carboxylic acids is 2. The van der Waals surface area contributed by atoms with Crippen molar-refractivity contribution in [3.63, 3.8) is 0 Å². The lowest BCUT2D eigenvalue weighted by Gasteiger charge is -2.17. The molecule has 3 N–H and O–H groups in total. The Morgan fingerprint density at radius 1 is 0.939 bits per heavy atom. The van der Waals surface area contributed by atoms with Crippen molar-refractivity contribution in [2.24, 2.45) is 0 Å². The summed E-state index contributed by atoms with van der Waals surface area (Å²) in [5.41, 5.74) is 3.07. The van der Waals surface area contributed by atoms with Gasteiger partial charge >= 0.3 is 0 Å². The first-order valence-corrected chi connectivity index (χ1v) is 11.0. The molecule has 4 aromatic rings. The van der Waals surface area contributed by atoms with Crippen LogP contribution in [-0.4, -0.2) is 38.3 Å². The second kappa shape index (κ2) is 11.0. The van der Waals surface area contributed by atoms with E-state index in [4.69, 9.17) is 0 Å². The standard InChI is InChI=1S/C25H26N6O2/c32-22(13-5-2-8-14-28-25(33)21-17-26-15-16-27-21)31-23(18-9-3-1-4-10-18)24-29-19-11-6-7-12-20(19)30-24/h1,3-4,6-7,9-12,15-17,23H,2,5,8,13-14H2,(H,28,33)(H,29,30)(H,31,32)/t23-/m1/s1. The predicted molar refractivity (Wildman–Crippen MR) is 125 cm³/mol. The fourth-order valence-electron chi connectivity index (χ4n) is 3.59. The molecule has 0 bridgehead atoms. The van der Waals surface area contributed by atoms with Crippen LogP contribution >= 0.6 is 0 Å². The van der Waals surface area contributed by atoms with E-state index in [2.05, 4.69) is 30.6 Å². The number of imidazole rings is 1. The van der Waals surface area contributed by atoms with Crippen LogP contribution in [0.2, 0.25) is 0 Å². The van der Waals surface area contributed by atoms with E-state index in [0.717, 1.165) is 35.9 Å². The molecule has 0 fully saturated rings. The Kier molecular flexibility index (Phi) is 7.37. The fraction of sp³-hybridized carbons (Fsp3) is 0.240.